The average molecular weight is 448 g/mol. The van der Waals surface area contributed by atoms with Crippen molar-refractivity contribution in [3.8, 4) is 17.0 Å². The fourth-order valence-corrected chi connectivity index (χ4v) is 4.29. The van der Waals surface area contributed by atoms with Gasteiger partial charge in [0.25, 0.3) is 0 Å². The molecule has 0 radical (unpaired) electrons. The molecule has 1 atom stereocenters. The molecule has 1 unspecified atom stereocenters. The highest BCUT2D eigenvalue weighted by Gasteiger charge is 2.20. The maximum atomic E-state index is 10.7. The van der Waals surface area contributed by atoms with Crippen molar-refractivity contribution in [1.29, 1.82) is 0 Å². The first kappa shape index (κ1) is 24.9. The Morgan fingerprint density at radius 3 is 2.21 bits per heavy atom. The van der Waals surface area contributed by atoms with Crippen LogP contribution >= 0.6 is 0 Å². The maximum absolute atomic E-state index is 10.7. The number of pyridine rings is 1. The first-order valence-corrected chi connectivity index (χ1v) is 11.9. The SMILES string of the molecule is CCc1cccc(CC)c1-c1cc(C(O)CO)c(COc2cc(C(C)C)ccc2C)c(C)n1. The van der Waals surface area contributed by atoms with E-state index in [-0.39, 0.29) is 13.2 Å². The molecule has 0 bridgehead atoms. The van der Waals surface area contributed by atoms with E-state index in [1.54, 1.807) is 0 Å². The van der Waals surface area contributed by atoms with Crippen molar-refractivity contribution >= 4 is 0 Å². The van der Waals surface area contributed by atoms with Crippen molar-refractivity contribution in [3.05, 3.63) is 81.5 Å². The number of aromatic nitrogens is 1. The van der Waals surface area contributed by atoms with Gasteiger partial charge in [0.15, 0.2) is 0 Å². The second-order valence-corrected chi connectivity index (χ2v) is 8.99. The van der Waals surface area contributed by atoms with Crippen molar-refractivity contribution in [1.82, 2.24) is 4.98 Å². The topological polar surface area (TPSA) is 62.6 Å². The third kappa shape index (κ3) is 5.45. The van der Waals surface area contributed by atoms with E-state index in [1.165, 1.54) is 16.7 Å². The van der Waals surface area contributed by atoms with Crippen molar-refractivity contribution in [2.24, 2.45) is 0 Å². The predicted octanol–water partition coefficient (Wildman–Crippen LogP) is 6.22. The number of aryl methyl sites for hydroxylation is 4. The van der Waals surface area contributed by atoms with Crippen LogP contribution in [0.3, 0.4) is 0 Å². The van der Waals surface area contributed by atoms with Crippen LogP contribution < -0.4 is 4.74 Å². The zero-order valence-corrected chi connectivity index (χ0v) is 20.8. The molecule has 3 rings (SSSR count). The lowest BCUT2D eigenvalue weighted by molar-refractivity contribution is 0.0938. The van der Waals surface area contributed by atoms with E-state index in [4.69, 9.17) is 9.72 Å². The summed E-state index contributed by atoms with van der Waals surface area (Å²) in [5, 5.41) is 20.5. The number of hydrogen-bond donors (Lipinski definition) is 2. The summed E-state index contributed by atoms with van der Waals surface area (Å²) in [6.07, 6.45) is 0.807. The summed E-state index contributed by atoms with van der Waals surface area (Å²) in [4.78, 5) is 4.95. The van der Waals surface area contributed by atoms with Gasteiger partial charge in [0, 0.05) is 16.8 Å². The van der Waals surface area contributed by atoms with Crippen molar-refractivity contribution < 1.29 is 14.9 Å². The van der Waals surface area contributed by atoms with Crippen molar-refractivity contribution in [2.45, 2.75) is 73.0 Å². The molecule has 1 heterocycles. The summed E-state index contributed by atoms with van der Waals surface area (Å²) in [7, 11) is 0. The minimum Gasteiger partial charge on any atom is -0.489 e. The van der Waals surface area contributed by atoms with Gasteiger partial charge in [-0.25, -0.2) is 0 Å². The Hall–Kier alpha value is -2.69. The Morgan fingerprint density at radius 1 is 0.970 bits per heavy atom. The van der Waals surface area contributed by atoms with E-state index in [1.807, 2.05) is 19.9 Å². The van der Waals surface area contributed by atoms with Gasteiger partial charge in [-0.3, -0.25) is 4.98 Å². The molecule has 4 heteroatoms. The number of nitrogens with zero attached hydrogens (tertiary/aromatic N) is 1. The quantitative estimate of drug-likeness (QED) is 0.409. The van der Waals surface area contributed by atoms with Crippen LogP contribution in [0.15, 0.2) is 42.5 Å². The highest BCUT2D eigenvalue weighted by Crippen LogP contribution is 2.33. The number of hydrogen-bond acceptors (Lipinski definition) is 4. The van der Waals surface area contributed by atoms with Crippen LogP contribution in [0.4, 0.5) is 0 Å². The molecule has 0 aliphatic rings. The second kappa shape index (κ2) is 11.0. The molecule has 33 heavy (non-hydrogen) atoms. The number of benzene rings is 2. The van der Waals surface area contributed by atoms with Crippen LogP contribution in [0, 0.1) is 13.8 Å². The summed E-state index contributed by atoms with van der Waals surface area (Å²) < 4.78 is 6.23. The second-order valence-electron chi connectivity index (χ2n) is 8.99. The molecule has 0 aliphatic carbocycles. The first-order chi connectivity index (χ1) is 15.8. The zero-order chi connectivity index (χ0) is 24.1. The number of aliphatic hydroxyl groups is 2. The molecule has 176 valence electrons. The molecule has 4 nitrogen and oxygen atoms in total. The summed E-state index contributed by atoms with van der Waals surface area (Å²) in [5.74, 6) is 1.24. The lowest BCUT2D eigenvalue weighted by Gasteiger charge is -2.21. The van der Waals surface area contributed by atoms with Crippen LogP contribution in [0.1, 0.15) is 78.8 Å². The molecule has 2 N–H and O–H groups in total. The van der Waals surface area contributed by atoms with Crippen LogP contribution in [0.2, 0.25) is 0 Å². The fourth-order valence-electron chi connectivity index (χ4n) is 4.29. The normalized spacial score (nSPS) is 12.3. The molecule has 0 saturated carbocycles. The summed E-state index contributed by atoms with van der Waals surface area (Å²) in [6, 6.07) is 14.6. The van der Waals surface area contributed by atoms with Crippen LogP contribution in [0.25, 0.3) is 11.3 Å². The van der Waals surface area contributed by atoms with Gasteiger partial charge in [-0.2, -0.15) is 0 Å². The Bertz CT molecular complexity index is 1080. The largest absolute Gasteiger partial charge is 0.489 e. The Morgan fingerprint density at radius 2 is 1.64 bits per heavy atom. The van der Waals surface area contributed by atoms with Gasteiger partial charge < -0.3 is 14.9 Å². The lowest BCUT2D eigenvalue weighted by Crippen LogP contribution is -2.13. The van der Waals surface area contributed by atoms with Gasteiger partial charge in [0.2, 0.25) is 0 Å². The van der Waals surface area contributed by atoms with Crippen LogP contribution in [0.5, 0.6) is 5.75 Å². The highest BCUT2D eigenvalue weighted by atomic mass is 16.5. The zero-order valence-electron chi connectivity index (χ0n) is 20.8. The number of aliphatic hydroxyl groups excluding tert-OH is 2. The molecule has 0 spiro atoms. The summed E-state index contributed by atoms with van der Waals surface area (Å²) in [6.45, 7) is 12.5. The van der Waals surface area contributed by atoms with Crippen LogP contribution in [-0.4, -0.2) is 21.8 Å². The lowest BCUT2D eigenvalue weighted by atomic mass is 9.92. The van der Waals surface area contributed by atoms with Gasteiger partial charge in [-0.1, -0.05) is 58.0 Å². The predicted molar refractivity (Wildman–Crippen MR) is 135 cm³/mol. The molecular weight excluding hydrogens is 410 g/mol. The Labute approximate surface area is 198 Å². The minimum atomic E-state index is -0.994. The van der Waals surface area contributed by atoms with E-state index in [2.05, 4.69) is 64.1 Å². The Kier molecular flexibility index (Phi) is 8.28. The van der Waals surface area contributed by atoms with Gasteiger partial charge in [-0.05, 0) is 72.6 Å². The molecule has 3 aromatic rings. The van der Waals surface area contributed by atoms with E-state index < -0.39 is 6.10 Å². The van der Waals surface area contributed by atoms with Crippen LogP contribution in [-0.2, 0) is 19.4 Å². The third-order valence-electron chi connectivity index (χ3n) is 6.40. The fraction of sp³-hybridized carbons (Fsp3) is 0.414. The molecule has 0 aliphatic heterocycles. The molecule has 0 saturated heterocycles. The van der Waals surface area contributed by atoms with Gasteiger partial charge in [-0.15, -0.1) is 0 Å². The average Bonchev–Trinajstić information content (AvgIpc) is 2.82. The molecule has 1 aromatic heterocycles. The minimum absolute atomic E-state index is 0.282. The smallest absolute Gasteiger partial charge is 0.123 e. The van der Waals surface area contributed by atoms with E-state index >= 15 is 0 Å². The molecular formula is C29H37NO3. The number of ether oxygens (including phenoxy) is 1. The first-order valence-electron chi connectivity index (χ1n) is 11.9. The van der Waals surface area contributed by atoms with Gasteiger partial charge in [0.05, 0.1) is 12.3 Å². The van der Waals surface area contributed by atoms with Gasteiger partial charge in [0.1, 0.15) is 18.5 Å². The summed E-state index contributed by atoms with van der Waals surface area (Å²) >= 11 is 0. The molecule has 0 amide bonds. The Balaban J connectivity index is 2.06. The molecule has 2 aromatic carbocycles. The molecule has 0 fully saturated rings. The standard InChI is InChI=1S/C29H37NO3/c1-7-21-10-9-11-22(8-2)29(21)26-15-24(27(32)16-31)25(20(6)30-26)17-33-28-14-23(18(3)4)13-12-19(28)5/h9-15,18,27,31-32H,7-8,16-17H2,1-6H3. The number of rotatable bonds is 9. The maximum Gasteiger partial charge on any atom is 0.123 e. The third-order valence-corrected chi connectivity index (χ3v) is 6.40. The monoisotopic (exact) mass is 447 g/mol. The van der Waals surface area contributed by atoms with E-state index in [0.29, 0.717) is 11.5 Å². The highest BCUT2D eigenvalue weighted by molar-refractivity contribution is 5.69. The van der Waals surface area contributed by atoms with Gasteiger partial charge >= 0.3 is 0 Å². The van der Waals surface area contributed by atoms with Crippen molar-refractivity contribution in [2.75, 3.05) is 6.61 Å². The van der Waals surface area contributed by atoms with E-state index in [9.17, 15) is 10.2 Å². The summed E-state index contributed by atoms with van der Waals surface area (Å²) in [5.41, 5.74) is 9.02. The van der Waals surface area contributed by atoms with Crippen molar-refractivity contribution in [3.63, 3.8) is 0 Å². The van der Waals surface area contributed by atoms with E-state index in [0.717, 1.165) is 46.7 Å².